The van der Waals surface area contributed by atoms with E-state index in [1.54, 1.807) is 24.3 Å². The van der Waals surface area contributed by atoms with Gasteiger partial charge in [-0.15, -0.1) is 0 Å². The number of nitrogens with one attached hydrogen (secondary N) is 1. The van der Waals surface area contributed by atoms with E-state index in [9.17, 15) is 22.4 Å². The molecule has 0 aliphatic carbocycles. The Kier molecular flexibility index (Phi) is 11.6. The fourth-order valence-electron chi connectivity index (χ4n) is 5.07. The molecule has 248 valence electrons. The minimum absolute atomic E-state index is 0.0692. The predicted octanol–water partition coefficient (Wildman–Crippen LogP) is 5.51. The van der Waals surface area contributed by atoms with Crippen LogP contribution in [0.2, 0.25) is 0 Å². The fraction of sp³-hybridized carbons (Fsp3) is 0.278. The van der Waals surface area contributed by atoms with Crippen LogP contribution in [0.4, 0.5) is 10.1 Å². The molecule has 2 amide bonds. The zero-order chi connectivity index (χ0) is 34.1. The van der Waals surface area contributed by atoms with E-state index in [2.05, 4.69) is 5.32 Å². The third-order valence-corrected chi connectivity index (χ3v) is 9.28. The second kappa shape index (κ2) is 15.6. The van der Waals surface area contributed by atoms with Crippen molar-refractivity contribution in [3.8, 4) is 11.5 Å². The van der Waals surface area contributed by atoms with Crippen LogP contribution in [0.15, 0.2) is 102 Å². The highest BCUT2D eigenvalue weighted by molar-refractivity contribution is 7.92. The lowest BCUT2D eigenvalue weighted by Gasteiger charge is -2.34. The number of halogens is 1. The maximum atomic E-state index is 14.5. The molecule has 0 fully saturated rings. The molecular formula is C36H40FN3O6S. The second-order valence-corrected chi connectivity index (χ2v) is 13.2. The number of carbonyl (C=O) groups is 2. The summed E-state index contributed by atoms with van der Waals surface area (Å²) in [4.78, 5) is 29.5. The number of hydrogen-bond donors (Lipinski definition) is 1. The van der Waals surface area contributed by atoms with Crippen LogP contribution in [0.5, 0.6) is 11.5 Å². The third-order valence-electron chi connectivity index (χ3n) is 7.51. The molecule has 4 aromatic carbocycles. The standard InChI is InChI=1S/C36H40FN3O6S/c1-25(2)38-36(42)32(21-27-9-7-6-8-10-27)39(23-28-13-15-29(37)16-14-28)35(41)24-40(30-17-11-26(3)12-18-30)47(43,44)31-19-20-33(45-4)34(22-31)46-5/h6-20,22,25,32H,21,23-24H2,1-5H3,(H,38,42). The topological polar surface area (TPSA) is 105 Å². The van der Waals surface area contributed by atoms with Gasteiger partial charge in [0.2, 0.25) is 11.8 Å². The van der Waals surface area contributed by atoms with Gasteiger partial charge in [-0.05, 0) is 68.3 Å². The minimum Gasteiger partial charge on any atom is -0.493 e. The van der Waals surface area contributed by atoms with Crippen molar-refractivity contribution in [2.24, 2.45) is 0 Å². The molecule has 1 atom stereocenters. The summed E-state index contributed by atoms with van der Waals surface area (Å²) in [6, 6.07) is 24.6. The van der Waals surface area contributed by atoms with Crippen LogP contribution >= 0.6 is 0 Å². The fourth-order valence-corrected chi connectivity index (χ4v) is 6.50. The first-order valence-electron chi connectivity index (χ1n) is 15.1. The molecule has 11 heteroatoms. The molecule has 0 heterocycles. The van der Waals surface area contributed by atoms with E-state index in [1.807, 2.05) is 51.1 Å². The van der Waals surface area contributed by atoms with Gasteiger partial charge in [-0.3, -0.25) is 13.9 Å². The first-order chi connectivity index (χ1) is 22.4. The molecule has 1 unspecified atom stereocenters. The quantitative estimate of drug-likeness (QED) is 0.191. The number of hydrogen-bond acceptors (Lipinski definition) is 6. The number of anilines is 1. The normalized spacial score (nSPS) is 11.9. The Hall–Kier alpha value is -4.90. The molecule has 1 N–H and O–H groups in total. The number of carbonyl (C=O) groups excluding carboxylic acids is 2. The summed E-state index contributed by atoms with van der Waals surface area (Å²) in [7, 11) is -1.51. The largest absolute Gasteiger partial charge is 0.493 e. The van der Waals surface area contributed by atoms with Crippen molar-refractivity contribution in [2.45, 2.75) is 50.7 Å². The number of benzene rings is 4. The monoisotopic (exact) mass is 661 g/mol. The van der Waals surface area contributed by atoms with Crippen molar-refractivity contribution in [3.05, 3.63) is 120 Å². The zero-order valence-electron chi connectivity index (χ0n) is 27.1. The number of sulfonamides is 1. The summed E-state index contributed by atoms with van der Waals surface area (Å²) in [6.45, 7) is 4.81. The lowest BCUT2D eigenvalue weighted by atomic mass is 10.0. The summed E-state index contributed by atoms with van der Waals surface area (Å²) >= 11 is 0. The molecule has 47 heavy (non-hydrogen) atoms. The molecule has 0 radical (unpaired) electrons. The summed E-state index contributed by atoms with van der Waals surface area (Å²) in [5.41, 5.74) is 2.53. The van der Waals surface area contributed by atoms with Gasteiger partial charge in [0.1, 0.15) is 18.4 Å². The van der Waals surface area contributed by atoms with Gasteiger partial charge in [0, 0.05) is 25.1 Å². The highest BCUT2D eigenvalue weighted by atomic mass is 32.2. The molecule has 0 aromatic heterocycles. The molecule has 0 spiro atoms. The van der Waals surface area contributed by atoms with Gasteiger partial charge in [-0.1, -0.05) is 60.2 Å². The average molecular weight is 662 g/mol. The first-order valence-corrected chi connectivity index (χ1v) is 16.6. The van der Waals surface area contributed by atoms with Crippen LogP contribution in [-0.2, 0) is 32.6 Å². The average Bonchev–Trinajstić information content (AvgIpc) is 3.06. The van der Waals surface area contributed by atoms with Gasteiger partial charge in [-0.2, -0.15) is 0 Å². The Bertz CT molecular complexity index is 1770. The minimum atomic E-state index is -4.36. The van der Waals surface area contributed by atoms with E-state index in [-0.39, 0.29) is 35.3 Å². The van der Waals surface area contributed by atoms with Crippen molar-refractivity contribution >= 4 is 27.5 Å². The van der Waals surface area contributed by atoms with Gasteiger partial charge in [0.15, 0.2) is 11.5 Å². The zero-order valence-corrected chi connectivity index (χ0v) is 28.0. The third kappa shape index (κ3) is 8.88. The molecule has 4 aromatic rings. The van der Waals surface area contributed by atoms with Crippen molar-refractivity contribution in [1.29, 1.82) is 0 Å². The van der Waals surface area contributed by atoms with E-state index in [1.165, 1.54) is 61.6 Å². The molecule has 0 bridgehead atoms. The predicted molar refractivity (Wildman–Crippen MR) is 179 cm³/mol. The van der Waals surface area contributed by atoms with Crippen LogP contribution < -0.4 is 19.1 Å². The van der Waals surface area contributed by atoms with Gasteiger partial charge >= 0.3 is 0 Å². The Morgan fingerprint density at radius 2 is 1.47 bits per heavy atom. The summed E-state index contributed by atoms with van der Waals surface area (Å²) < 4.78 is 54.2. The van der Waals surface area contributed by atoms with E-state index < -0.39 is 40.2 Å². The van der Waals surface area contributed by atoms with Crippen LogP contribution in [-0.4, -0.2) is 58.0 Å². The molecule has 4 rings (SSSR count). The van der Waals surface area contributed by atoms with Crippen LogP contribution in [0.3, 0.4) is 0 Å². The van der Waals surface area contributed by atoms with Crippen molar-refractivity contribution in [1.82, 2.24) is 10.2 Å². The van der Waals surface area contributed by atoms with Gasteiger partial charge in [0.05, 0.1) is 24.8 Å². The van der Waals surface area contributed by atoms with E-state index in [4.69, 9.17) is 9.47 Å². The van der Waals surface area contributed by atoms with Gasteiger partial charge in [-0.25, -0.2) is 12.8 Å². The number of aryl methyl sites for hydroxylation is 1. The molecule has 0 aliphatic heterocycles. The Balaban J connectivity index is 1.82. The molecular weight excluding hydrogens is 621 g/mol. The maximum absolute atomic E-state index is 14.5. The first kappa shape index (κ1) is 35.0. The molecule has 0 saturated heterocycles. The van der Waals surface area contributed by atoms with E-state index in [0.717, 1.165) is 15.4 Å². The summed E-state index contributed by atoms with van der Waals surface area (Å²) in [6.07, 6.45) is 0.166. The van der Waals surface area contributed by atoms with Crippen molar-refractivity contribution in [3.63, 3.8) is 0 Å². The number of methoxy groups -OCH3 is 2. The SMILES string of the molecule is COc1ccc(S(=O)(=O)N(CC(=O)N(Cc2ccc(F)cc2)C(Cc2ccccc2)C(=O)NC(C)C)c2ccc(C)cc2)cc1OC. The lowest BCUT2D eigenvalue weighted by Crippen LogP contribution is -2.54. The molecule has 0 saturated carbocycles. The maximum Gasteiger partial charge on any atom is 0.264 e. The number of amides is 2. The highest BCUT2D eigenvalue weighted by Gasteiger charge is 2.35. The Morgan fingerprint density at radius 1 is 0.830 bits per heavy atom. The van der Waals surface area contributed by atoms with Gasteiger partial charge in [0.25, 0.3) is 10.0 Å². The number of ether oxygens (including phenoxy) is 2. The smallest absolute Gasteiger partial charge is 0.264 e. The Morgan fingerprint density at radius 3 is 2.06 bits per heavy atom. The van der Waals surface area contributed by atoms with Crippen molar-refractivity contribution in [2.75, 3.05) is 25.1 Å². The lowest BCUT2D eigenvalue weighted by molar-refractivity contribution is -0.140. The summed E-state index contributed by atoms with van der Waals surface area (Å²) in [5, 5.41) is 2.91. The van der Waals surface area contributed by atoms with Crippen LogP contribution in [0.25, 0.3) is 0 Å². The Labute approximate surface area is 276 Å². The number of rotatable bonds is 14. The van der Waals surface area contributed by atoms with E-state index in [0.29, 0.717) is 11.3 Å². The van der Waals surface area contributed by atoms with Crippen LogP contribution in [0, 0.1) is 12.7 Å². The second-order valence-electron chi connectivity index (χ2n) is 11.4. The van der Waals surface area contributed by atoms with E-state index >= 15 is 0 Å². The van der Waals surface area contributed by atoms with Crippen molar-refractivity contribution < 1.29 is 31.9 Å². The number of nitrogens with zero attached hydrogens (tertiary/aromatic N) is 2. The van der Waals surface area contributed by atoms with Gasteiger partial charge < -0.3 is 19.7 Å². The van der Waals surface area contributed by atoms with Crippen LogP contribution in [0.1, 0.15) is 30.5 Å². The summed E-state index contributed by atoms with van der Waals surface area (Å²) in [5.74, 6) is -0.927. The molecule has 0 aliphatic rings. The highest BCUT2D eigenvalue weighted by Crippen LogP contribution is 2.32. The molecule has 9 nitrogen and oxygen atoms in total.